The fraction of sp³-hybridized carbons (Fsp3) is 0.611. The molecule has 0 spiro atoms. The number of carboxylic acid groups (broad SMARTS) is 1. The molecule has 3 rings (SSSR count). The second-order valence-corrected chi connectivity index (χ2v) is 6.67. The Kier molecular flexibility index (Phi) is 4.86. The highest BCUT2D eigenvalue weighted by Gasteiger charge is 2.19. The van der Waals surface area contributed by atoms with Crippen molar-refractivity contribution in [2.45, 2.75) is 69.9 Å². The normalized spacial score (nSPS) is 20.0. The molecule has 0 bridgehead atoms. The predicted molar refractivity (Wildman–Crippen MR) is 89.8 cm³/mol. The van der Waals surface area contributed by atoms with Crippen LogP contribution in [0.4, 0.5) is 11.4 Å². The summed E-state index contributed by atoms with van der Waals surface area (Å²) >= 11 is 0. The van der Waals surface area contributed by atoms with Crippen LogP contribution in [0, 0.1) is 0 Å². The van der Waals surface area contributed by atoms with E-state index in [1.807, 2.05) is 6.07 Å². The van der Waals surface area contributed by atoms with Crippen LogP contribution in [0.2, 0.25) is 0 Å². The molecule has 0 aliphatic heterocycles. The Bertz CT molecular complexity index is 518. The number of aromatic carboxylic acids is 1. The fourth-order valence-electron chi connectivity index (χ4n) is 3.68. The molecule has 0 amide bonds. The maximum absolute atomic E-state index is 11.2. The summed E-state index contributed by atoms with van der Waals surface area (Å²) in [6, 6.07) is 6.42. The zero-order valence-corrected chi connectivity index (χ0v) is 13.1. The van der Waals surface area contributed by atoms with Crippen LogP contribution in [0.25, 0.3) is 0 Å². The van der Waals surface area contributed by atoms with E-state index in [1.165, 1.54) is 57.8 Å². The number of benzene rings is 1. The fourth-order valence-corrected chi connectivity index (χ4v) is 3.68. The van der Waals surface area contributed by atoms with Gasteiger partial charge < -0.3 is 15.7 Å². The van der Waals surface area contributed by atoms with Gasteiger partial charge in [-0.3, -0.25) is 0 Å². The van der Waals surface area contributed by atoms with Crippen molar-refractivity contribution in [3.8, 4) is 0 Å². The minimum absolute atomic E-state index is 0.356. The van der Waals surface area contributed by atoms with Crippen LogP contribution >= 0.6 is 0 Å². The van der Waals surface area contributed by atoms with Gasteiger partial charge in [0.2, 0.25) is 0 Å². The monoisotopic (exact) mass is 302 g/mol. The van der Waals surface area contributed by atoms with Gasteiger partial charge in [0.1, 0.15) is 0 Å². The number of hydrogen-bond acceptors (Lipinski definition) is 3. The van der Waals surface area contributed by atoms with Gasteiger partial charge in [0.05, 0.1) is 16.9 Å². The Hall–Kier alpha value is -1.71. The molecular weight excluding hydrogens is 276 g/mol. The number of hydrogen-bond donors (Lipinski definition) is 3. The number of anilines is 2. The van der Waals surface area contributed by atoms with Crippen LogP contribution in [-0.4, -0.2) is 23.2 Å². The molecule has 4 nitrogen and oxygen atoms in total. The van der Waals surface area contributed by atoms with Crippen molar-refractivity contribution in [3.05, 3.63) is 23.8 Å². The summed E-state index contributed by atoms with van der Waals surface area (Å²) in [5, 5.41) is 16.4. The summed E-state index contributed by atoms with van der Waals surface area (Å²) in [6.07, 6.45) is 11.2. The van der Waals surface area contributed by atoms with Crippen LogP contribution in [-0.2, 0) is 0 Å². The van der Waals surface area contributed by atoms with Gasteiger partial charge in [-0.15, -0.1) is 0 Å². The molecule has 1 aromatic rings. The zero-order valence-electron chi connectivity index (χ0n) is 13.1. The third-order valence-electron chi connectivity index (χ3n) is 4.95. The van der Waals surface area contributed by atoms with Crippen molar-refractivity contribution >= 4 is 17.3 Å². The van der Waals surface area contributed by atoms with E-state index in [-0.39, 0.29) is 0 Å². The summed E-state index contributed by atoms with van der Waals surface area (Å²) in [7, 11) is 0. The van der Waals surface area contributed by atoms with Gasteiger partial charge in [-0.1, -0.05) is 32.1 Å². The van der Waals surface area contributed by atoms with Gasteiger partial charge >= 0.3 is 5.97 Å². The first-order valence-electron chi connectivity index (χ1n) is 8.63. The molecule has 0 heterocycles. The minimum Gasteiger partial charge on any atom is -0.478 e. The van der Waals surface area contributed by atoms with Crippen LogP contribution in [0.3, 0.4) is 0 Å². The third kappa shape index (κ3) is 3.73. The van der Waals surface area contributed by atoms with Gasteiger partial charge in [-0.25, -0.2) is 4.79 Å². The molecular formula is C18H26N2O2. The van der Waals surface area contributed by atoms with Crippen molar-refractivity contribution in [2.75, 3.05) is 10.6 Å². The summed E-state index contributed by atoms with van der Waals surface area (Å²) in [5.41, 5.74) is 2.37. The number of nitrogens with one attached hydrogen (secondary N) is 2. The van der Waals surface area contributed by atoms with Crippen molar-refractivity contribution in [2.24, 2.45) is 0 Å². The molecule has 2 aliphatic rings. The summed E-state index contributed by atoms with van der Waals surface area (Å²) in [5.74, 6) is -0.862. The highest BCUT2D eigenvalue weighted by Crippen LogP contribution is 2.31. The highest BCUT2D eigenvalue weighted by molar-refractivity contribution is 5.90. The lowest BCUT2D eigenvalue weighted by molar-refractivity contribution is 0.0697. The second kappa shape index (κ2) is 7.03. The summed E-state index contributed by atoms with van der Waals surface area (Å²) in [6.45, 7) is 0. The van der Waals surface area contributed by atoms with Gasteiger partial charge in [0.25, 0.3) is 0 Å². The molecule has 3 N–H and O–H groups in total. The molecule has 4 heteroatoms. The Morgan fingerprint density at radius 1 is 0.864 bits per heavy atom. The van der Waals surface area contributed by atoms with Crippen molar-refractivity contribution in [1.29, 1.82) is 0 Å². The van der Waals surface area contributed by atoms with Crippen LogP contribution in [0.15, 0.2) is 18.2 Å². The van der Waals surface area contributed by atoms with E-state index in [2.05, 4.69) is 10.6 Å². The van der Waals surface area contributed by atoms with Crippen molar-refractivity contribution in [1.82, 2.24) is 0 Å². The van der Waals surface area contributed by atoms with Crippen LogP contribution in [0.5, 0.6) is 0 Å². The molecule has 0 unspecified atom stereocenters. The molecule has 0 atom stereocenters. The van der Waals surface area contributed by atoms with Gasteiger partial charge in [0, 0.05) is 12.1 Å². The maximum Gasteiger partial charge on any atom is 0.335 e. The van der Waals surface area contributed by atoms with E-state index in [9.17, 15) is 9.90 Å². The SMILES string of the molecule is O=C(O)c1ccc(NC2CCCCC2)c(NC2CCCC2)c1. The lowest BCUT2D eigenvalue weighted by atomic mass is 9.95. The topological polar surface area (TPSA) is 61.4 Å². The first-order valence-corrected chi connectivity index (χ1v) is 8.63. The largest absolute Gasteiger partial charge is 0.478 e. The molecule has 0 aromatic heterocycles. The first kappa shape index (κ1) is 15.2. The third-order valence-corrected chi connectivity index (χ3v) is 4.95. The molecule has 1 aromatic carbocycles. The molecule has 120 valence electrons. The Labute approximate surface area is 132 Å². The van der Waals surface area contributed by atoms with Crippen LogP contribution in [0.1, 0.15) is 68.1 Å². The molecule has 2 fully saturated rings. The molecule has 0 saturated heterocycles. The van der Waals surface area contributed by atoms with E-state index in [4.69, 9.17) is 0 Å². The van der Waals surface area contributed by atoms with Crippen molar-refractivity contribution < 1.29 is 9.90 Å². The van der Waals surface area contributed by atoms with Gasteiger partial charge in [-0.2, -0.15) is 0 Å². The van der Waals surface area contributed by atoms with Gasteiger partial charge in [-0.05, 0) is 43.9 Å². The smallest absolute Gasteiger partial charge is 0.335 e. The summed E-state index contributed by atoms with van der Waals surface area (Å²) in [4.78, 5) is 11.2. The van der Waals surface area contributed by atoms with Gasteiger partial charge in [0.15, 0.2) is 0 Å². The van der Waals surface area contributed by atoms with E-state index in [0.29, 0.717) is 17.6 Å². The minimum atomic E-state index is -0.862. The van der Waals surface area contributed by atoms with E-state index < -0.39 is 5.97 Å². The molecule has 22 heavy (non-hydrogen) atoms. The highest BCUT2D eigenvalue weighted by atomic mass is 16.4. The quantitative estimate of drug-likeness (QED) is 0.750. The number of carboxylic acids is 1. The average Bonchev–Trinajstić information content (AvgIpc) is 3.03. The number of carbonyl (C=O) groups is 1. The van der Waals surface area contributed by atoms with Crippen molar-refractivity contribution in [3.63, 3.8) is 0 Å². The molecule has 2 saturated carbocycles. The molecule has 2 aliphatic carbocycles. The first-order chi connectivity index (χ1) is 10.7. The summed E-state index contributed by atoms with van der Waals surface area (Å²) < 4.78 is 0. The standard InChI is InChI=1S/C18H26N2O2/c21-18(22)13-10-11-16(19-14-6-2-1-3-7-14)17(12-13)20-15-8-4-5-9-15/h10-12,14-15,19-20H,1-9H2,(H,21,22). The second-order valence-electron chi connectivity index (χ2n) is 6.67. The van der Waals surface area contributed by atoms with E-state index >= 15 is 0 Å². The average molecular weight is 302 g/mol. The van der Waals surface area contributed by atoms with E-state index in [1.54, 1.807) is 12.1 Å². The lowest BCUT2D eigenvalue weighted by Crippen LogP contribution is -2.24. The Morgan fingerprint density at radius 2 is 1.41 bits per heavy atom. The zero-order chi connectivity index (χ0) is 15.4. The van der Waals surface area contributed by atoms with E-state index in [0.717, 1.165) is 11.4 Å². The maximum atomic E-state index is 11.2. The Balaban J connectivity index is 1.77. The molecule has 0 radical (unpaired) electrons. The lowest BCUT2D eigenvalue weighted by Gasteiger charge is -2.26. The predicted octanol–water partition coefficient (Wildman–Crippen LogP) is 4.48. The van der Waals surface area contributed by atoms with Crippen LogP contribution < -0.4 is 10.6 Å². The number of rotatable bonds is 5. The Morgan fingerprint density at radius 3 is 2.00 bits per heavy atom.